The molecule has 1 aliphatic heterocycles. The Labute approximate surface area is 165 Å². The molecule has 5 nitrogen and oxygen atoms in total. The number of likely N-dealkylation sites (N-methyl/N-ethyl adjacent to an activating group) is 1. The summed E-state index contributed by atoms with van der Waals surface area (Å²) in [6.45, 7) is 17.3. The number of rotatable bonds is 9. The SMILES string of the molecule is CCN1CCN(CC(O)COc2cccc(CN(C)CC(C)(C)C)c2)CC1. The minimum atomic E-state index is -0.453. The van der Waals surface area contributed by atoms with Crippen LogP contribution in [-0.4, -0.2) is 85.4 Å². The van der Waals surface area contributed by atoms with Crippen molar-refractivity contribution in [3.8, 4) is 5.75 Å². The summed E-state index contributed by atoms with van der Waals surface area (Å²) in [4.78, 5) is 7.11. The van der Waals surface area contributed by atoms with E-state index in [9.17, 15) is 5.11 Å². The van der Waals surface area contributed by atoms with Crippen molar-refractivity contribution in [3.63, 3.8) is 0 Å². The normalized spacial score (nSPS) is 18.0. The van der Waals surface area contributed by atoms with Gasteiger partial charge in [0.1, 0.15) is 18.5 Å². The van der Waals surface area contributed by atoms with E-state index in [1.165, 1.54) is 5.56 Å². The Bertz CT molecular complexity index is 551. The maximum atomic E-state index is 10.3. The summed E-state index contributed by atoms with van der Waals surface area (Å²) in [6, 6.07) is 8.23. The van der Waals surface area contributed by atoms with Crippen LogP contribution < -0.4 is 4.74 Å². The third kappa shape index (κ3) is 8.60. The molecule has 1 aliphatic rings. The van der Waals surface area contributed by atoms with Crippen LogP contribution in [0.3, 0.4) is 0 Å². The van der Waals surface area contributed by atoms with E-state index < -0.39 is 6.10 Å². The predicted molar refractivity (Wildman–Crippen MR) is 112 cm³/mol. The van der Waals surface area contributed by atoms with Gasteiger partial charge in [-0.05, 0) is 36.7 Å². The molecule has 0 radical (unpaired) electrons. The fourth-order valence-electron chi connectivity index (χ4n) is 3.74. The molecule has 1 atom stereocenters. The van der Waals surface area contributed by atoms with Crippen molar-refractivity contribution < 1.29 is 9.84 Å². The molecule has 0 bridgehead atoms. The average molecular weight is 378 g/mol. The van der Waals surface area contributed by atoms with Gasteiger partial charge < -0.3 is 19.6 Å². The number of ether oxygens (including phenoxy) is 1. The molecule has 27 heavy (non-hydrogen) atoms. The van der Waals surface area contributed by atoms with Crippen LogP contribution in [0.4, 0.5) is 0 Å². The number of hydrogen-bond donors (Lipinski definition) is 1. The molecule has 5 heteroatoms. The summed E-state index contributed by atoms with van der Waals surface area (Å²) >= 11 is 0. The van der Waals surface area contributed by atoms with Crippen LogP contribution in [0, 0.1) is 5.41 Å². The van der Waals surface area contributed by atoms with Crippen molar-refractivity contribution in [1.82, 2.24) is 14.7 Å². The minimum Gasteiger partial charge on any atom is -0.491 e. The zero-order chi connectivity index (χ0) is 19.9. The van der Waals surface area contributed by atoms with Gasteiger partial charge in [0.05, 0.1) is 0 Å². The fraction of sp³-hybridized carbons (Fsp3) is 0.727. The van der Waals surface area contributed by atoms with Crippen LogP contribution in [0.15, 0.2) is 24.3 Å². The van der Waals surface area contributed by atoms with Crippen molar-refractivity contribution >= 4 is 0 Å². The molecule has 2 rings (SSSR count). The second kappa shape index (κ2) is 10.4. The number of β-amino-alcohol motifs (C(OH)–C–C–N with tert-alkyl or cyclic N) is 1. The van der Waals surface area contributed by atoms with Crippen molar-refractivity contribution in [3.05, 3.63) is 29.8 Å². The van der Waals surface area contributed by atoms with Crippen molar-refractivity contribution in [2.24, 2.45) is 5.41 Å². The largest absolute Gasteiger partial charge is 0.491 e. The van der Waals surface area contributed by atoms with Crippen LogP contribution >= 0.6 is 0 Å². The highest BCUT2D eigenvalue weighted by atomic mass is 16.5. The molecule has 0 saturated carbocycles. The first kappa shape index (κ1) is 22.2. The minimum absolute atomic E-state index is 0.287. The number of aliphatic hydroxyl groups is 1. The Morgan fingerprint density at radius 2 is 1.81 bits per heavy atom. The molecule has 1 fully saturated rings. The topological polar surface area (TPSA) is 39.2 Å². The smallest absolute Gasteiger partial charge is 0.119 e. The zero-order valence-corrected chi connectivity index (χ0v) is 17.9. The summed E-state index contributed by atoms with van der Waals surface area (Å²) in [7, 11) is 2.15. The van der Waals surface area contributed by atoms with Gasteiger partial charge in [-0.25, -0.2) is 0 Å². The molecule has 154 valence electrons. The lowest BCUT2D eigenvalue weighted by molar-refractivity contribution is 0.0470. The van der Waals surface area contributed by atoms with E-state index in [-0.39, 0.29) is 5.41 Å². The quantitative estimate of drug-likeness (QED) is 0.716. The molecule has 0 amide bonds. The Morgan fingerprint density at radius 3 is 2.44 bits per heavy atom. The van der Waals surface area contributed by atoms with E-state index in [1.807, 2.05) is 12.1 Å². The Kier molecular flexibility index (Phi) is 8.55. The Balaban J connectivity index is 1.75. The van der Waals surface area contributed by atoms with E-state index in [0.717, 1.165) is 51.6 Å². The summed E-state index contributed by atoms with van der Waals surface area (Å²) < 4.78 is 5.87. The van der Waals surface area contributed by atoms with Crippen LogP contribution in [0.1, 0.15) is 33.3 Å². The first-order valence-corrected chi connectivity index (χ1v) is 10.3. The van der Waals surface area contributed by atoms with Gasteiger partial charge in [0.2, 0.25) is 0 Å². The fourth-order valence-corrected chi connectivity index (χ4v) is 3.74. The van der Waals surface area contributed by atoms with Crippen LogP contribution in [-0.2, 0) is 6.54 Å². The highest BCUT2D eigenvalue weighted by molar-refractivity contribution is 5.28. The maximum Gasteiger partial charge on any atom is 0.119 e. The van der Waals surface area contributed by atoms with Gasteiger partial charge in [0.15, 0.2) is 0 Å². The molecular weight excluding hydrogens is 338 g/mol. The molecule has 1 saturated heterocycles. The first-order valence-electron chi connectivity index (χ1n) is 10.3. The molecular formula is C22H39N3O2. The standard InChI is InChI=1S/C22H39N3O2/c1-6-24-10-12-25(13-11-24)16-20(26)17-27-21-9-7-8-19(14-21)15-23(5)18-22(2,3)4/h7-9,14,20,26H,6,10-13,15-18H2,1-5H3. The highest BCUT2D eigenvalue weighted by Crippen LogP contribution is 2.18. The Hall–Kier alpha value is -1.14. The molecule has 1 aromatic carbocycles. The van der Waals surface area contributed by atoms with Crippen molar-refractivity contribution in [2.75, 3.05) is 59.5 Å². The van der Waals surface area contributed by atoms with E-state index in [2.05, 4.69) is 61.6 Å². The van der Waals surface area contributed by atoms with E-state index in [1.54, 1.807) is 0 Å². The van der Waals surface area contributed by atoms with Crippen molar-refractivity contribution in [1.29, 1.82) is 0 Å². The lowest BCUT2D eigenvalue weighted by Crippen LogP contribution is -2.49. The average Bonchev–Trinajstić information content (AvgIpc) is 2.59. The van der Waals surface area contributed by atoms with Gasteiger partial charge in [-0.3, -0.25) is 4.90 Å². The van der Waals surface area contributed by atoms with Gasteiger partial charge in [0.25, 0.3) is 0 Å². The molecule has 0 spiro atoms. The maximum absolute atomic E-state index is 10.3. The molecule has 0 aliphatic carbocycles. The third-order valence-corrected chi connectivity index (χ3v) is 4.92. The van der Waals surface area contributed by atoms with Crippen LogP contribution in [0.25, 0.3) is 0 Å². The highest BCUT2D eigenvalue weighted by Gasteiger charge is 2.18. The number of piperazine rings is 1. The molecule has 1 heterocycles. The second-order valence-electron chi connectivity index (χ2n) is 9.08. The number of hydrogen-bond acceptors (Lipinski definition) is 5. The van der Waals surface area contributed by atoms with Gasteiger partial charge in [-0.15, -0.1) is 0 Å². The lowest BCUT2D eigenvalue weighted by Gasteiger charge is -2.34. The lowest BCUT2D eigenvalue weighted by atomic mass is 9.96. The molecule has 1 aromatic rings. The zero-order valence-electron chi connectivity index (χ0n) is 17.9. The van der Waals surface area contributed by atoms with E-state index in [0.29, 0.717) is 13.2 Å². The summed E-state index contributed by atoms with van der Waals surface area (Å²) in [6.07, 6.45) is -0.453. The predicted octanol–water partition coefficient (Wildman–Crippen LogP) is 2.54. The number of aliphatic hydroxyl groups excluding tert-OH is 1. The van der Waals surface area contributed by atoms with Crippen LogP contribution in [0.5, 0.6) is 5.75 Å². The number of nitrogens with zero attached hydrogens (tertiary/aromatic N) is 3. The van der Waals surface area contributed by atoms with E-state index in [4.69, 9.17) is 4.74 Å². The summed E-state index contributed by atoms with van der Waals surface area (Å²) in [5, 5.41) is 10.3. The van der Waals surface area contributed by atoms with Gasteiger partial charge in [-0.2, -0.15) is 0 Å². The number of benzene rings is 1. The monoisotopic (exact) mass is 377 g/mol. The van der Waals surface area contributed by atoms with Crippen LogP contribution in [0.2, 0.25) is 0 Å². The molecule has 1 unspecified atom stereocenters. The summed E-state index contributed by atoms with van der Waals surface area (Å²) in [5.74, 6) is 0.839. The van der Waals surface area contributed by atoms with E-state index >= 15 is 0 Å². The second-order valence-corrected chi connectivity index (χ2v) is 9.08. The first-order chi connectivity index (χ1) is 12.7. The van der Waals surface area contributed by atoms with Gasteiger partial charge in [0, 0.05) is 45.8 Å². The third-order valence-electron chi connectivity index (χ3n) is 4.92. The molecule has 1 N–H and O–H groups in total. The van der Waals surface area contributed by atoms with Gasteiger partial charge >= 0.3 is 0 Å². The van der Waals surface area contributed by atoms with Crippen molar-refractivity contribution in [2.45, 2.75) is 40.3 Å². The molecule has 0 aromatic heterocycles. The van der Waals surface area contributed by atoms with Gasteiger partial charge in [-0.1, -0.05) is 39.8 Å². The Morgan fingerprint density at radius 1 is 1.15 bits per heavy atom. The summed E-state index contributed by atoms with van der Waals surface area (Å²) in [5.41, 5.74) is 1.53.